The molecule has 0 bridgehead atoms. The third-order valence-corrected chi connectivity index (χ3v) is 8.77. The zero-order chi connectivity index (χ0) is 26.9. The van der Waals surface area contributed by atoms with Gasteiger partial charge in [-0.2, -0.15) is 0 Å². The van der Waals surface area contributed by atoms with Crippen LogP contribution in [0.15, 0.2) is 54.6 Å². The fourth-order valence-electron chi connectivity index (χ4n) is 5.63. The van der Waals surface area contributed by atoms with E-state index < -0.39 is 0 Å². The number of hydrogen-bond donors (Lipinski definition) is 2. The Balaban J connectivity index is 1.24. The number of aromatic amines is 1. The van der Waals surface area contributed by atoms with Gasteiger partial charge < -0.3 is 15.0 Å². The Morgan fingerprint density at radius 3 is 2.79 bits per heavy atom. The average Bonchev–Trinajstić information content (AvgIpc) is 3.50. The first-order chi connectivity index (χ1) is 19.0. The van der Waals surface area contributed by atoms with Crippen molar-refractivity contribution in [2.24, 2.45) is 0 Å². The van der Waals surface area contributed by atoms with Crippen LogP contribution in [0, 0.1) is 6.92 Å². The lowest BCUT2D eigenvalue weighted by atomic mass is 9.95. The summed E-state index contributed by atoms with van der Waals surface area (Å²) in [5, 5.41) is 5.93. The second-order valence-electron chi connectivity index (χ2n) is 10.2. The van der Waals surface area contributed by atoms with E-state index in [4.69, 9.17) is 9.72 Å². The number of nitrogens with one attached hydrogen (secondary N) is 2. The molecule has 0 radical (unpaired) electrons. The monoisotopic (exact) mass is 537 g/mol. The molecular formula is C32H31N3O3S. The van der Waals surface area contributed by atoms with Crippen LogP contribution < -0.4 is 5.32 Å². The molecule has 198 valence electrons. The van der Waals surface area contributed by atoms with Gasteiger partial charge in [0, 0.05) is 27.6 Å². The highest BCUT2D eigenvalue weighted by Gasteiger charge is 2.27. The van der Waals surface area contributed by atoms with Crippen LogP contribution in [0.5, 0.6) is 0 Å². The standard InChI is InChI=1S/C32H31N3O3S/c1-19-14-16-25-23(18-19)21(30(34-25)26-17-15-20-8-3-5-11-24(20)33-26)10-7-13-28(36)35-31-29(32(37)38-2)22-9-4-6-12-27(22)39-31/h3,5,8,11,14-18,34H,4,6-7,9-10,12-13H2,1-2H3,(H,35,36). The van der Waals surface area contributed by atoms with Crippen LogP contribution in [0.4, 0.5) is 5.00 Å². The number of methoxy groups -OCH3 is 1. The highest BCUT2D eigenvalue weighted by molar-refractivity contribution is 7.17. The van der Waals surface area contributed by atoms with Gasteiger partial charge in [-0.3, -0.25) is 4.79 Å². The van der Waals surface area contributed by atoms with Crippen LogP contribution in [-0.4, -0.2) is 29.0 Å². The molecule has 0 fully saturated rings. The van der Waals surface area contributed by atoms with E-state index in [2.05, 4.69) is 53.6 Å². The van der Waals surface area contributed by atoms with Gasteiger partial charge in [-0.25, -0.2) is 9.78 Å². The normalized spacial score (nSPS) is 13.0. The summed E-state index contributed by atoms with van der Waals surface area (Å²) in [5.41, 5.74) is 7.88. The summed E-state index contributed by atoms with van der Waals surface area (Å²) in [7, 11) is 1.39. The number of amides is 1. The van der Waals surface area contributed by atoms with Gasteiger partial charge in [-0.15, -0.1) is 11.3 Å². The predicted molar refractivity (Wildman–Crippen MR) is 158 cm³/mol. The molecule has 1 aliphatic carbocycles. The molecule has 39 heavy (non-hydrogen) atoms. The van der Waals surface area contributed by atoms with E-state index >= 15 is 0 Å². The Morgan fingerprint density at radius 2 is 1.92 bits per heavy atom. The van der Waals surface area contributed by atoms with Crippen LogP contribution >= 0.6 is 11.3 Å². The molecule has 0 saturated heterocycles. The number of nitrogens with zero attached hydrogens (tertiary/aromatic N) is 1. The molecule has 0 spiro atoms. The quantitative estimate of drug-likeness (QED) is 0.212. The summed E-state index contributed by atoms with van der Waals surface area (Å²) in [6.07, 6.45) is 5.73. The molecule has 5 aromatic rings. The Bertz CT molecular complexity index is 1720. The lowest BCUT2D eigenvalue weighted by Crippen LogP contribution is -2.15. The Labute approximate surface area is 231 Å². The molecule has 0 saturated carbocycles. The third-order valence-electron chi connectivity index (χ3n) is 7.56. The molecule has 3 heterocycles. The fourth-order valence-corrected chi connectivity index (χ4v) is 6.93. The summed E-state index contributed by atoms with van der Waals surface area (Å²) in [6.45, 7) is 2.09. The highest BCUT2D eigenvalue weighted by atomic mass is 32.1. The van der Waals surface area contributed by atoms with Crippen molar-refractivity contribution in [3.05, 3.63) is 81.7 Å². The number of aryl methyl sites for hydroxylation is 3. The second-order valence-corrected chi connectivity index (χ2v) is 11.3. The number of anilines is 1. The molecule has 6 rings (SSSR count). The van der Waals surface area contributed by atoms with E-state index in [1.807, 2.05) is 18.2 Å². The maximum Gasteiger partial charge on any atom is 0.341 e. The van der Waals surface area contributed by atoms with Crippen molar-refractivity contribution in [2.75, 3.05) is 12.4 Å². The molecule has 0 aliphatic heterocycles. The molecule has 2 aromatic carbocycles. The SMILES string of the molecule is COC(=O)c1c(NC(=O)CCCc2c(-c3ccc4ccccc4n3)[nH]c3ccc(C)cc23)sc2c1CCCC2. The van der Waals surface area contributed by atoms with Gasteiger partial charge in [0.2, 0.25) is 5.91 Å². The number of para-hydroxylation sites is 1. The first-order valence-electron chi connectivity index (χ1n) is 13.5. The predicted octanol–water partition coefficient (Wildman–Crippen LogP) is 7.38. The van der Waals surface area contributed by atoms with Crippen LogP contribution in [0.2, 0.25) is 0 Å². The number of carbonyl (C=O) groups is 2. The lowest BCUT2D eigenvalue weighted by Gasteiger charge is -2.11. The molecular weight excluding hydrogens is 506 g/mol. The fraction of sp³-hybridized carbons (Fsp3) is 0.281. The third kappa shape index (κ3) is 4.94. The number of pyridine rings is 1. The smallest absolute Gasteiger partial charge is 0.341 e. The summed E-state index contributed by atoms with van der Waals surface area (Å²) in [6, 6.07) is 18.7. The zero-order valence-corrected chi connectivity index (χ0v) is 23.0. The summed E-state index contributed by atoms with van der Waals surface area (Å²) in [4.78, 5) is 35.3. The molecule has 0 unspecified atom stereocenters. The van der Waals surface area contributed by atoms with Crippen LogP contribution in [0.1, 0.15) is 57.6 Å². The second kappa shape index (κ2) is 10.7. The van der Waals surface area contributed by atoms with Gasteiger partial charge >= 0.3 is 5.97 Å². The van der Waals surface area contributed by atoms with Gasteiger partial charge in [0.1, 0.15) is 5.00 Å². The van der Waals surface area contributed by atoms with E-state index in [-0.39, 0.29) is 11.9 Å². The van der Waals surface area contributed by atoms with Crippen molar-refractivity contribution in [1.29, 1.82) is 0 Å². The van der Waals surface area contributed by atoms with Crippen molar-refractivity contribution in [3.8, 4) is 11.4 Å². The molecule has 6 nitrogen and oxygen atoms in total. The minimum absolute atomic E-state index is 0.0832. The summed E-state index contributed by atoms with van der Waals surface area (Å²) in [5.74, 6) is -0.452. The molecule has 1 aliphatic rings. The minimum atomic E-state index is -0.369. The maximum atomic E-state index is 13.1. The zero-order valence-electron chi connectivity index (χ0n) is 22.2. The van der Waals surface area contributed by atoms with Gasteiger partial charge in [-0.1, -0.05) is 35.9 Å². The van der Waals surface area contributed by atoms with Crippen LogP contribution in [-0.2, 0) is 28.8 Å². The number of esters is 1. The van der Waals surface area contributed by atoms with Crippen molar-refractivity contribution in [2.45, 2.75) is 51.9 Å². The Morgan fingerprint density at radius 1 is 1.08 bits per heavy atom. The Kier molecular flexibility index (Phi) is 6.92. The number of H-pyrrole nitrogens is 1. The van der Waals surface area contributed by atoms with E-state index in [0.717, 1.165) is 65.5 Å². The topological polar surface area (TPSA) is 84.1 Å². The van der Waals surface area contributed by atoms with Gasteiger partial charge in [0.15, 0.2) is 0 Å². The van der Waals surface area contributed by atoms with Crippen molar-refractivity contribution in [3.63, 3.8) is 0 Å². The Hall–Kier alpha value is -3.97. The summed E-state index contributed by atoms with van der Waals surface area (Å²) >= 11 is 1.52. The number of carbonyl (C=O) groups excluding carboxylic acids is 2. The van der Waals surface area contributed by atoms with E-state index in [1.54, 1.807) is 0 Å². The lowest BCUT2D eigenvalue weighted by molar-refractivity contribution is -0.116. The van der Waals surface area contributed by atoms with E-state index in [1.165, 1.54) is 39.8 Å². The largest absolute Gasteiger partial charge is 0.465 e. The first kappa shape index (κ1) is 25.3. The minimum Gasteiger partial charge on any atom is -0.465 e. The molecule has 3 aromatic heterocycles. The number of hydrogen-bond acceptors (Lipinski definition) is 5. The number of fused-ring (bicyclic) bond motifs is 3. The van der Waals surface area contributed by atoms with Crippen molar-refractivity contribution in [1.82, 2.24) is 9.97 Å². The molecule has 7 heteroatoms. The van der Waals surface area contributed by atoms with E-state index in [9.17, 15) is 9.59 Å². The number of benzene rings is 2. The van der Waals surface area contributed by atoms with Gasteiger partial charge in [0.05, 0.1) is 29.6 Å². The first-order valence-corrected chi connectivity index (χ1v) is 14.3. The summed E-state index contributed by atoms with van der Waals surface area (Å²) < 4.78 is 5.05. The maximum absolute atomic E-state index is 13.1. The number of rotatable bonds is 7. The van der Waals surface area contributed by atoms with Crippen molar-refractivity contribution < 1.29 is 14.3 Å². The van der Waals surface area contributed by atoms with Gasteiger partial charge in [-0.05, 0) is 80.8 Å². The van der Waals surface area contributed by atoms with E-state index in [0.29, 0.717) is 23.4 Å². The van der Waals surface area contributed by atoms with Crippen molar-refractivity contribution >= 4 is 50.0 Å². The average molecular weight is 538 g/mol. The van der Waals surface area contributed by atoms with Crippen LogP contribution in [0.25, 0.3) is 33.2 Å². The molecule has 0 atom stereocenters. The number of thiophene rings is 1. The van der Waals surface area contributed by atoms with Gasteiger partial charge in [0.25, 0.3) is 0 Å². The number of ether oxygens (including phenoxy) is 1. The number of aromatic nitrogens is 2. The molecule has 1 amide bonds. The van der Waals surface area contributed by atoms with Crippen LogP contribution in [0.3, 0.4) is 0 Å². The molecule has 2 N–H and O–H groups in total. The highest BCUT2D eigenvalue weighted by Crippen LogP contribution is 2.39.